The molecule has 0 aromatic rings. The Morgan fingerprint density at radius 1 is 0.500 bits per heavy atom. The SMILES string of the molecule is [Fe+3].[Fe].[SH-].[SH-].[SH-].[SH-]. The zero-order chi connectivity index (χ0) is 0. The van der Waals surface area contributed by atoms with E-state index in [1.54, 1.807) is 0 Å². The van der Waals surface area contributed by atoms with Crippen molar-refractivity contribution in [1.82, 2.24) is 0 Å². The number of rotatable bonds is 0. The van der Waals surface area contributed by atoms with Gasteiger partial charge < -0.3 is 54.0 Å². The number of thiol groups is 4. The van der Waals surface area contributed by atoms with Crippen LogP contribution in [0.25, 0.3) is 0 Å². The van der Waals surface area contributed by atoms with Crippen LogP contribution >= 0.6 is 0 Å². The molecule has 0 atom stereocenters. The van der Waals surface area contributed by atoms with Crippen molar-refractivity contribution < 1.29 is 34.1 Å². The maximum atomic E-state index is 0. The van der Waals surface area contributed by atoms with Gasteiger partial charge in [0.15, 0.2) is 0 Å². The van der Waals surface area contributed by atoms with Crippen LogP contribution < -0.4 is 0 Å². The van der Waals surface area contributed by atoms with Gasteiger partial charge in [-0.1, -0.05) is 0 Å². The predicted molar refractivity (Wildman–Crippen MR) is 35.0 cm³/mol. The molecule has 0 aliphatic carbocycles. The van der Waals surface area contributed by atoms with Crippen LogP contribution in [0.3, 0.4) is 0 Å². The summed E-state index contributed by atoms with van der Waals surface area (Å²) in [7, 11) is 0. The second-order valence-corrected chi connectivity index (χ2v) is 0. The molecule has 0 spiro atoms. The molecule has 0 saturated carbocycles. The van der Waals surface area contributed by atoms with E-state index in [1.165, 1.54) is 0 Å². The van der Waals surface area contributed by atoms with Crippen LogP contribution in [0.4, 0.5) is 0 Å². The third kappa shape index (κ3) is 32.0. The molecule has 0 nitrogen and oxygen atoms in total. The fourth-order valence-corrected chi connectivity index (χ4v) is 0. The second-order valence-electron chi connectivity index (χ2n) is 0. The summed E-state index contributed by atoms with van der Waals surface area (Å²) < 4.78 is 0. The third-order valence-electron chi connectivity index (χ3n) is 0. The molecule has 0 unspecified atom stereocenters. The van der Waals surface area contributed by atoms with E-state index < -0.39 is 0 Å². The largest absolute Gasteiger partial charge is 3.00 e. The zero-order valence-corrected chi connectivity index (χ0v) is 8.28. The van der Waals surface area contributed by atoms with E-state index in [4.69, 9.17) is 0 Å². The molecule has 0 saturated heterocycles. The van der Waals surface area contributed by atoms with Gasteiger partial charge in [-0.2, -0.15) is 0 Å². The quantitative estimate of drug-likeness (QED) is 0.301. The van der Waals surface area contributed by atoms with E-state index in [2.05, 4.69) is 0 Å². The van der Waals surface area contributed by atoms with Crippen molar-refractivity contribution >= 4 is 54.0 Å². The molecule has 0 aliphatic heterocycles. The average molecular weight is 244 g/mol. The average Bonchev–Trinajstić information content (AvgIpc) is 0. The van der Waals surface area contributed by atoms with Gasteiger partial charge in [-0.15, -0.1) is 0 Å². The van der Waals surface area contributed by atoms with Crippen molar-refractivity contribution in [3.8, 4) is 0 Å². The Balaban J connectivity index is 0. The molecule has 0 heterocycles. The Kier molecular flexibility index (Phi) is 678. The zero-order valence-electron chi connectivity index (χ0n) is 2.50. The molecular formula is H4Fe2S4-. The van der Waals surface area contributed by atoms with Crippen molar-refractivity contribution in [3.05, 3.63) is 0 Å². The minimum Gasteiger partial charge on any atom is -0.813 e. The fourth-order valence-electron chi connectivity index (χ4n) is 0. The number of hydrogen-bond donors (Lipinski definition) is 0. The summed E-state index contributed by atoms with van der Waals surface area (Å²) in [5, 5.41) is 0. The van der Waals surface area contributed by atoms with Gasteiger partial charge in [0.2, 0.25) is 0 Å². The van der Waals surface area contributed by atoms with Gasteiger partial charge >= 0.3 is 17.1 Å². The van der Waals surface area contributed by atoms with Crippen molar-refractivity contribution in [2.45, 2.75) is 0 Å². The number of hydrogen-bond acceptors (Lipinski definition) is 4. The molecule has 0 rings (SSSR count). The summed E-state index contributed by atoms with van der Waals surface area (Å²) in [6.45, 7) is 0. The molecule has 0 aromatic carbocycles. The summed E-state index contributed by atoms with van der Waals surface area (Å²) in [5.74, 6) is 0. The monoisotopic (exact) mass is 244 g/mol. The molecule has 0 aliphatic rings. The van der Waals surface area contributed by atoms with Crippen LogP contribution in [0.2, 0.25) is 0 Å². The molecule has 0 bridgehead atoms. The van der Waals surface area contributed by atoms with Gasteiger partial charge in [-0.05, 0) is 0 Å². The Morgan fingerprint density at radius 2 is 0.500 bits per heavy atom. The first kappa shape index (κ1) is 78.5. The van der Waals surface area contributed by atoms with Gasteiger partial charge in [0.05, 0.1) is 0 Å². The smallest absolute Gasteiger partial charge is 0.813 e. The molecular weight excluding hydrogens is 240 g/mol. The first-order valence-corrected chi connectivity index (χ1v) is 0. The van der Waals surface area contributed by atoms with Crippen LogP contribution in [0.5, 0.6) is 0 Å². The maximum Gasteiger partial charge on any atom is 3.00 e. The van der Waals surface area contributed by atoms with E-state index in [9.17, 15) is 0 Å². The van der Waals surface area contributed by atoms with E-state index in [-0.39, 0.29) is 88.1 Å². The summed E-state index contributed by atoms with van der Waals surface area (Å²) in [4.78, 5) is 0. The van der Waals surface area contributed by atoms with Crippen molar-refractivity contribution in [2.24, 2.45) is 0 Å². The molecule has 1 radical (unpaired) electrons. The fraction of sp³-hybridized carbons (Fsp3) is 0. The van der Waals surface area contributed by atoms with Gasteiger partial charge in [-0.3, -0.25) is 0 Å². The Hall–Kier alpha value is 2.44. The molecule has 45 valence electrons. The minimum atomic E-state index is 0. The minimum absolute atomic E-state index is 0. The van der Waals surface area contributed by atoms with Crippen molar-refractivity contribution in [1.29, 1.82) is 0 Å². The standard InChI is InChI=1S/2Fe.4H2S/h;;4*1H2/q;+3;;;;/p-4. The van der Waals surface area contributed by atoms with E-state index in [1.807, 2.05) is 0 Å². The molecule has 0 fully saturated rings. The normalized spacial score (nSPS) is 0. The second kappa shape index (κ2) is 51.8. The first-order chi connectivity index (χ1) is 0. The van der Waals surface area contributed by atoms with Crippen LogP contribution in [0.1, 0.15) is 0 Å². The molecule has 6 heavy (non-hydrogen) atoms. The van der Waals surface area contributed by atoms with Crippen LogP contribution in [-0.4, -0.2) is 0 Å². The molecule has 6 heteroatoms. The van der Waals surface area contributed by atoms with Crippen molar-refractivity contribution in [3.63, 3.8) is 0 Å². The van der Waals surface area contributed by atoms with Gasteiger partial charge in [0.25, 0.3) is 0 Å². The Morgan fingerprint density at radius 3 is 0.500 bits per heavy atom. The summed E-state index contributed by atoms with van der Waals surface area (Å²) in [6, 6.07) is 0. The van der Waals surface area contributed by atoms with Crippen LogP contribution in [0, 0.1) is 0 Å². The Labute approximate surface area is 87.3 Å². The van der Waals surface area contributed by atoms with Crippen LogP contribution in [0.15, 0.2) is 0 Å². The summed E-state index contributed by atoms with van der Waals surface area (Å²) in [6.07, 6.45) is 0. The van der Waals surface area contributed by atoms with E-state index in [0.29, 0.717) is 0 Å². The van der Waals surface area contributed by atoms with Gasteiger partial charge in [0, 0.05) is 17.1 Å². The third-order valence-corrected chi connectivity index (χ3v) is 0. The first-order valence-electron chi connectivity index (χ1n) is 0. The van der Waals surface area contributed by atoms with Crippen LogP contribution in [-0.2, 0) is 88.1 Å². The van der Waals surface area contributed by atoms with Gasteiger partial charge in [-0.25, -0.2) is 0 Å². The van der Waals surface area contributed by atoms with E-state index in [0.717, 1.165) is 0 Å². The Bertz CT molecular complexity index is 5.51. The van der Waals surface area contributed by atoms with Gasteiger partial charge in [0.1, 0.15) is 0 Å². The molecule has 0 N–H and O–H groups in total. The maximum absolute atomic E-state index is 0. The van der Waals surface area contributed by atoms with Crippen molar-refractivity contribution in [2.75, 3.05) is 0 Å². The summed E-state index contributed by atoms with van der Waals surface area (Å²) >= 11 is 0. The molecule has 0 amide bonds. The van der Waals surface area contributed by atoms with E-state index >= 15 is 0 Å². The molecule has 0 aromatic heterocycles. The topological polar surface area (TPSA) is 0 Å². The summed E-state index contributed by atoms with van der Waals surface area (Å²) in [5.41, 5.74) is 0. The predicted octanol–water partition coefficient (Wildman–Crippen LogP) is -1.09.